The first kappa shape index (κ1) is 16.5. The van der Waals surface area contributed by atoms with Gasteiger partial charge in [0.1, 0.15) is 0 Å². The highest BCUT2D eigenvalue weighted by molar-refractivity contribution is 14.2. The summed E-state index contributed by atoms with van der Waals surface area (Å²) in [5, 5.41) is 5.18. The van der Waals surface area contributed by atoms with Crippen molar-refractivity contribution in [3.05, 3.63) is 91.0 Å². The molecule has 0 N–H and O–H groups in total. The van der Waals surface area contributed by atoms with E-state index in [1.54, 1.807) is 9.12 Å². The van der Waals surface area contributed by atoms with Crippen molar-refractivity contribution in [3.63, 3.8) is 0 Å². The van der Waals surface area contributed by atoms with E-state index in [0.717, 1.165) is 0 Å². The van der Waals surface area contributed by atoms with Gasteiger partial charge >= 0.3 is 0 Å². The summed E-state index contributed by atoms with van der Waals surface area (Å²) in [5.74, 6) is 0. The zero-order chi connectivity index (χ0) is 18.7. The highest BCUT2D eigenvalue weighted by Gasteiger charge is 2.15. The summed E-state index contributed by atoms with van der Waals surface area (Å²) in [6, 6.07) is 32.8. The van der Waals surface area contributed by atoms with Gasteiger partial charge in [-0.05, 0) is 30.3 Å². The van der Waals surface area contributed by atoms with Gasteiger partial charge in [-0.2, -0.15) is 0 Å². The van der Waals surface area contributed by atoms with E-state index in [-0.39, 0.29) is 0 Å². The van der Waals surface area contributed by atoms with Gasteiger partial charge in [0.05, 0.1) is 22.1 Å². The largest absolute Gasteiger partial charge is 0.309 e. The van der Waals surface area contributed by atoms with Crippen molar-refractivity contribution in [1.82, 2.24) is 8.54 Å². The summed E-state index contributed by atoms with van der Waals surface area (Å²) in [5.41, 5.74) is 6.19. The first-order chi connectivity index (χ1) is 13.9. The highest BCUT2D eigenvalue weighted by atomic mass is 127. The lowest BCUT2D eigenvalue weighted by Gasteiger charge is -2.09. The van der Waals surface area contributed by atoms with Crippen LogP contribution in [0.5, 0.6) is 0 Å². The lowest BCUT2D eigenvalue weighted by Crippen LogP contribution is -1.94. The Bertz CT molecular complexity index is 1460. The number of hydrogen-bond donors (Lipinski definition) is 0. The van der Waals surface area contributed by atoms with E-state index in [2.05, 4.69) is 121 Å². The van der Waals surface area contributed by atoms with E-state index >= 15 is 0 Å². The standard InChI is InChI=1S/C24H15IN2S/c25-28-27-23-12-6-3-9-19(23)20-14-13-16(15-24(20)27)26-21-10-4-1-7-17(21)18-8-2-5-11-22(18)26/h1-15H. The molecular weight excluding hydrogens is 475 g/mol. The highest BCUT2D eigenvalue weighted by Crippen LogP contribution is 2.37. The molecule has 0 atom stereocenters. The Balaban J connectivity index is 1.75. The topological polar surface area (TPSA) is 9.86 Å². The molecule has 6 rings (SSSR count). The first-order valence-electron chi connectivity index (χ1n) is 9.17. The molecule has 0 unspecified atom stereocenters. The Hall–Kier alpha value is -2.44. The van der Waals surface area contributed by atoms with Gasteiger partial charge in [0.2, 0.25) is 0 Å². The maximum Gasteiger partial charge on any atom is 0.0632 e. The van der Waals surface area contributed by atoms with Crippen LogP contribution in [0.4, 0.5) is 0 Å². The summed E-state index contributed by atoms with van der Waals surface area (Å²) >= 11 is 2.37. The minimum atomic E-state index is 1.19. The van der Waals surface area contributed by atoms with Gasteiger partial charge in [0.25, 0.3) is 0 Å². The molecule has 2 aromatic heterocycles. The second-order valence-corrected chi connectivity index (χ2v) is 8.64. The number of nitrogens with zero attached hydrogens (tertiary/aromatic N) is 2. The van der Waals surface area contributed by atoms with E-state index in [4.69, 9.17) is 0 Å². The molecule has 4 aromatic carbocycles. The van der Waals surface area contributed by atoms with Crippen LogP contribution in [0, 0.1) is 0 Å². The summed E-state index contributed by atoms with van der Waals surface area (Å²) in [6.45, 7) is 0. The number of benzene rings is 4. The normalized spacial score (nSPS) is 11.9. The summed E-state index contributed by atoms with van der Waals surface area (Å²) < 4.78 is 4.70. The average Bonchev–Trinajstić information content (AvgIpc) is 3.26. The third-order valence-electron chi connectivity index (χ3n) is 5.52. The third-order valence-corrected chi connectivity index (χ3v) is 7.23. The molecule has 2 heterocycles. The van der Waals surface area contributed by atoms with Gasteiger partial charge in [-0.15, -0.1) is 0 Å². The van der Waals surface area contributed by atoms with Crippen molar-refractivity contribution in [2.45, 2.75) is 0 Å². The van der Waals surface area contributed by atoms with E-state index in [9.17, 15) is 0 Å². The van der Waals surface area contributed by atoms with Crippen LogP contribution in [0.1, 0.15) is 0 Å². The minimum Gasteiger partial charge on any atom is -0.309 e. The fraction of sp³-hybridized carbons (Fsp3) is 0. The molecule has 0 aliphatic rings. The molecule has 0 saturated heterocycles. The SMILES string of the molecule is ISn1c2ccccc2c2ccc(-n3c4ccccc4c4ccccc43)cc21. The van der Waals surface area contributed by atoms with Crippen molar-refractivity contribution in [3.8, 4) is 5.69 Å². The van der Waals surface area contributed by atoms with Gasteiger partial charge in [-0.25, -0.2) is 0 Å². The Morgan fingerprint density at radius 1 is 0.536 bits per heavy atom. The van der Waals surface area contributed by atoms with Crippen LogP contribution in [0.15, 0.2) is 91.0 Å². The van der Waals surface area contributed by atoms with Crippen LogP contribution in [-0.4, -0.2) is 8.54 Å². The van der Waals surface area contributed by atoms with Gasteiger partial charge < -0.3 is 4.57 Å². The molecule has 134 valence electrons. The third kappa shape index (κ3) is 2.22. The molecule has 0 bridgehead atoms. The number of para-hydroxylation sites is 3. The van der Waals surface area contributed by atoms with Crippen LogP contribution >= 0.6 is 30.3 Å². The second-order valence-electron chi connectivity index (χ2n) is 6.95. The summed E-state index contributed by atoms with van der Waals surface area (Å²) in [7, 11) is 1.73. The number of aromatic nitrogens is 2. The molecule has 28 heavy (non-hydrogen) atoms. The second kappa shape index (κ2) is 6.29. The average molecular weight is 490 g/mol. The molecule has 6 aromatic rings. The van der Waals surface area contributed by atoms with Gasteiger partial charge in [0, 0.05) is 57.6 Å². The number of rotatable bonds is 2. The lowest BCUT2D eigenvalue weighted by atomic mass is 10.1. The smallest absolute Gasteiger partial charge is 0.0632 e. The molecule has 0 aliphatic carbocycles. The summed E-state index contributed by atoms with van der Waals surface area (Å²) in [6.07, 6.45) is 0. The molecule has 0 fully saturated rings. The monoisotopic (exact) mass is 490 g/mol. The Morgan fingerprint density at radius 3 is 1.64 bits per heavy atom. The van der Waals surface area contributed by atoms with Crippen molar-refractivity contribution in [2.75, 3.05) is 0 Å². The van der Waals surface area contributed by atoms with Crippen molar-refractivity contribution in [1.29, 1.82) is 0 Å². The van der Waals surface area contributed by atoms with E-state index in [1.807, 2.05) is 0 Å². The molecule has 0 radical (unpaired) electrons. The zero-order valence-corrected chi connectivity index (χ0v) is 17.8. The Kier molecular flexibility index (Phi) is 3.71. The van der Waals surface area contributed by atoms with Crippen LogP contribution in [0.2, 0.25) is 0 Å². The molecular formula is C24H15IN2S. The van der Waals surface area contributed by atoms with E-state index in [0.29, 0.717) is 0 Å². The van der Waals surface area contributed by atoms with Gasteiger partial charge in [0.15, 0.2) is 0 Å². The van der Waals surface area contributed by atoms with Crippen LogP contribution in [0.25, 0.3) is 49.3 Å². The molecule has 0 amide bonds. The first-order valence-corrected chi connectivity index (χ1v) is 12.5. The predicted molar refractivity (Wildman–Crippen MR) is 131 cm³/mol. The Labute approximate surface area is 178 Å². The van der Waals surface area contributed by atoms with Crippen LogP contribution < -0.4 is 0 Å². The number of fused-ring (bicyclic) bond motifs is 6. The van der Waals surface area contributed by atoms with Crippen molar-refractivity contribution >= 4 is 73.9 Å². The van der Waals surface area contributed by atoms with Crippen molar-refractivity contribution < 1.29 is 0 Å². The molecule has 4 heteroatoms. The summed E-state index contributed by atoms with van der Waals surface area (Å²) in [4.78, 5) is 0. The van der Waals surface area contributed by atoms with E-state index < -0.39 is 0 Å². The van der Waals surface area contributed by atoms with Gasteiger partial charge in [-0.3, -0.25) is 3.97 Å². The Morgan fingerprint density at radius 2 is 1.04 bits per heavy atom. The van der Waals surface area contributed by atoms with Crippen LogP contribution in [0.3, 0.4) is 0 Å². The number of hydrogen-bond acceptors (Lipinski definition) is 1. The van der Waals surface area contributed by atoms with Crippen LogP contribution in [-0.2, 0) is 0 Å². The van der Waals surface area contributed by atoms with E-state index in [1.165, 1.54) is 49.3 Å². The molecule has 0 aliphatic heterocycles. The van der Waals surface area contributed by atoms with Crippen molar-refractivity contribution in [2.24, 2.45) is 0 Å². The molecule has 0 saturated carbocycles. The predicted octanol–water partition coefficient (Wildman–Crippen LogP) is 7.74. The molecule has 0 spiro atoms. The fourth-order valence-corrected chi connectivity index (χ4v) is 6.07. The quantitative estimate of drug-likeness (QED) is 0.226. The lowest BCUT2D eigenvalue weighted by molar-refractivity contribution is 1.18. The fourth-order valence-electron chi connectivity index (χ4n) is 4.34. The minimum absolute atomic E-state index is 1.19. The zero-order valence-electron chi connectivity index (χ0n) is 14.8. The van der Waals surface area contributed by atoms with Gasteiger partial charge in [-0.1, -0.05) is 60.7 Å². The molecule has 2 nitrogen and oxygen atoms in total. The maximum absolute atomic E-state index is 2.38. The number of halogens is 1. The maximum atomic E-state index is 2.38.